The van der Waals surface area contributed by atoms with Crippen molar-refractivity contribution in [2.45, 2.75) is 6.42 Å². The Hall–Kier alpha value is -3.87. The number of halogens is 1. The molecule has 1 amide bonds. The third-order valence-electron chi connectivity index (χ3n) is 5.04. The maximum absolute atomic E-state index is 13.2. The minimum absolute atomic E-state index is 0.181. The lowest BCUT2D eigenvalue weighted by atomic mass is 10.1. The van der Waals surface area contributed by atoms with Crippen LogP contribution in [0.15, 0.2) is 66.9 Å². The number of amides is 1. The van der Waals surface area contributed by atoms with E-state index >= 15 is 0 Å². The van der Waals surface area contributed by atoms with E-state index in [1.807, 2.05) is 30.3 Å². The molecule has 0 bridgehead atoms. The van der Waals surface area contributed by atoms with Gasteiger partial charge in [-0.2, -0.15) is 5.10 Å². The van der Waals surface area contributed by atoms with Gasteiger partial charge in [0, 0.05) is 18.0 Å². The van der Waals surface area contributed by atoms with Gasteiger partial charge in [0.1, 0.15) is 17.3 Å². The highest BCUT2D eigenvalue weighted by Gasteiger charge is 2.14. The van der Waals surface area contributed by atoms with Gasteiger partial charge in [0.05, 0.1) is 37.2 Å². The highest BCUT2D eigenvalue weighted by molar-refractivity contribution is 6.06. The molecule has 0 saturated carbocycles. The fraction of sp³-hybridized carbons (Fsp3) is 0.167. The lowest BCUT2D eigenvalue weighted by molar-refractivity contribution is 0.0956. The molecule has 1 aromatic heterocycles. The number of rotatable bonds is 7. The number of methoxy groups -OCH3 is 2. The molecule has 0 fully saturated rings. The Kier molecular flexibility index (Phi) is 5.84. The Balaban J connectivity index is 1.50. The quantitative estimate of drug-likeness (QED) is 0.489. The zero-order valence-electron chi connectivity index (χ0n) is 17.3. The van der Waals surface area contributed by atoms with Gasteiger partial charge in [0.2, 0.25) is 0 Å². The number of nitrogens with zero attached hydrogens (tertiary/aromatic N) is 2. The van der Waals surface area contributed by atoms with Crippen molar-refractivity contribution < 1.29 is 18.7 Å². The number of hydrogen-bond donors (Lipinski definition) is 1. The fourth-order valence-corrected chi connectivity index (χ4v) is 3.46. The van der Waals surface area contributed by atoms with Gasteiger partial charge in [-0.15, -0.1) is 0 Å². The summed E-state index contributed by atoms with van der Waals surface area (Å²) in [5.74, 6) is 0.922. The van der Waals surface area contributed by atoms with Gasteiger partial charge in [0.15, 0.2) is 0 Å². The van der Waals surface area contributed by atoms with Crippen molar-refractivity contribution in [1.29, 1.82) is 0 Å². The molecule has 0 aliphatic rings. The molecular weight excluding hydrogens is 397 g/mol. The molecule has 6 nitrogen and oxygen atoms in total. The van der Waals surface area contributed by atoms with Crippen LogP contribution in [0, 0.1) is 5.82 Å². The maximum atomic E-state index is 13.2. The Morgan fingerprint density at radius 2 is 1.74 bits per heavy atom. The van der Waals surface area contributed by atoms with E-state index < -0.39 is 0 Å². The summed E-state index contributed by atoms with van der Waals surface area (Å²) in [4.78, 5) is 12.8. The van der Waals surface area contributed by atoms with Gasteiger partial charge in [-0.1, -0.05) is 6.07 Å². The van der Waals surface area contributed by atoms with Crippen LogP contribution in [-0.2, 0) is 6.42 Å². The van der Waals surface area contributed by atoms with E-state index in [0.717, 1.165) is 22.2 Å². The van der Waals surface area contributed by atoms with Crippen LogP contribution < -0.4 is 14.8 Å². The molecule has 1 N–H and O–H groups in total. The molecule has 4 aromatic rings. The summed E-state index contributed by atoms with van der Waals surface area (Å²) >= 11 is 0. The average Bonchev–Trinajstić information content (AvgIpc) is 3.23. The molecule has 0 atom stereocenters. The lowest BCUT2D eigenvalue weighted by Gasteiger charge is -2.10. The first-order chi connectivity index (χ1) is 15.1. The smallest absolute Gasteiger partial charge is 0.252 e. The Bertz CT molecular complexity index is 1200. The molecule has 7 heteroatoms. The molecule has 1 heterocycles. The summed E-state index contributed by atoms with van der Waals surface area (Å²) in [6.45, 7) is 0.456. The van der Waals surface area contributed by atoms with E-state index in [2.05, 4.69) is 10.4 Å². The molecule has 0 unspecified atom stereocenters. The van der Waals surface area contributed by atoms with Crippen molar-refractivity contribution >= 4 is 16.8 Å². The SMILES string of the molecule is COc1cc(CCNC(=O)c2cccc3c2cnn3-c2ccc(F)cc2)cc(OC)c1. The van der Waals surface area contributed by atoms with Gasteiger partial charge in [0.25, 0.3) is 5.91 Å². The zero-order chi connectivity index (χ0) is 21.8. The summed E-state index contributed by atoms with van der Waals surface area (Å²) in [5.41, 5.74) is 3.03. The number of benzene rings is 3. The van der Waals surface area contributed by atoms with Crippen molar-refractivity contribution in [3.8, 4) is 17.2 Å². The molecule has 4 rings (SSSR count). The number of nitrogens with one attached hydrogen (secondary N) is 1. The Morgan fingerprint density at radius 3 is 2.42 bits per heavy atom. The van der Waals surface area contributed by atoms with Crippen molar-refractivity contribution in [1.82, 2.24) is 15.1 Å². The van der Waals surface area contributed by atoms with E-state index in [9.17, 15) is 9.18 Å². The molecule has 0 aliphatic heterocycles. The first-order valence-corrected chi connectivity index (χ1v) is 9.82. The lowest BCUT2D eigenvalue weighted by Crippen LogP contribution is -2.25. The van der Waals surface area contributed by atoms with Crippen LogP contribution in [0.4, 0.5) is 4.39 Å². The van der Waals surface area contributed by atoms with E-state index in [4.69, 9.17) is 9.47 Å². The summed E-state index contributed by atoms with van der Waals surface area (Å²) < 4.78 is 25.5. The molecular formula is C24H22FN3O3. The number of aromatic nitrogens is 2. The monoisotopic (exact) mass is 419 g/mol. The minimum atomic E-state index is -0.311. The molecule has 0 saturated heterocycles. The maximum Gasteiger partial charge on any atom is 0.252 e. The predicted molar refractivity (Wildman–Crippen MR) is 117 cm³/mol. The zero-order valence-corrected chi connectivity index (χ0v) is 17.3. The van der Waals surface area contributed by atoms with Gasteiger partial charge in [-0.3, -0.25) is 4.79 Å². The topological polar surface area (TPSA) is 65.4 Å². The number of hydrogen-bond acceptors (Lipinski definition) is 4. The van der Waals surface area contributed by atoms with Crippen LogP contribution in [0.5, 0.6) is 11.5 Å². The second-order valence-electron chi connectivity index (χ2n) is 7.00. The van der Waals surface area contributed by atoms with Crippen molar-refractivity contribution in [3.05, 3.63) is 83.8 Å². The summed E-state index contributed by atoms with van der Waals surface area (Å²) in [7, 11) is 3.21. The van der Waals surface area contributed by atoms with E-state index in [1.54, 1.807) is 43.3 Å². The number of fused-ring (bicyclic) bond motifs is 1. The van der Waals surface area contributed by atoms with Crippen LogP contribution in [-0.4, -0.2) is 36.5 Å². The van der Waals surface area contributed by atoms with Crippen molar-refractivity contribution in [2.24, 2.45) is 0 Å². The standard InChI is InChI=1S/C24H22FN3O3/c1-30-19-12-16(13-20(14-19)31-2)10-11-26-24(29)21-4-3-5-23-22(21)15-27-28(23)18-8-6-17(25)7-9-18/h3-9,12-15H,10-11H2,1-2H3,(H,26,29). The second-order valence-corrected chi connectivity index (χ2v) is 7.00. The predicted octanol–water partition coefficient (Wildman–Crippen LogP) is 4.15. The molecule has 0 aliphatic carbocycles. The van der Waals surface area contributed by atoms with Crippen LogP contribution in [0.3, 0.4) is 0 Å². The van der Waals surface area contributed by atoms with Crippen LogP contribution >= 0.6 is 0 Å². The van der Waals surface area contributed by atoms with Gasteiger partial charge in [-0.05, 0) is 60.5 Å². The normalized spacial score (nSPS) is 10.8. The van der Waals surface area contributed by atoms with E-state index in [-0.39, 0.29) is 11.7 Å². The van der Waals surface area contributed by atoms with Gasteiger partial charge >= 0.3 is 0 Å². The summed E-state index contributed by atoms with van der Waals surface area (Å²) in [5, 5.41) is 8.08. The van der Waals surface area contributed by atoms with Crippen molar-refractivity contribution in [2.75, 3.05) is 20.8 Å². The third-order valence-corrected chi connectivity index (χ3v) is 5.04. The first-order valence-electron chi connectivity index (χ1n) is 9.82. The van der Waals surface area contributed by atoms with Crippen LogP contribution in [0.1, 0.15) is 15.9 Å². The highest BCUT2D eigenvalue weighted by Crippen LogP contribution is 2.24. The Labute approximate surface area is 179 Å². The Morgan fingerprint density at radius 1 is 1.03 bits per heavy atom. The fourth-order valence-electron chi connectivity index (χ4n) is 3.46. The summed E-state index contributed by atoms with van der Waals surface area (Å²) in [6.07, 6.45) is 2.28. The third kappa shape index (κ3) is 4.35. The molecule has 3 aromatic carbocycles. The molecule has 31 heavy (non-hydrogen) atoms. The summed E-state index contributed by atoms with van der Waals surface area (Å²) in [6, 6.07) is 17.2. The highest BCUT2D eigenvalue weighted by atomic mass is 19.1. The van der Waals surface area contributed by atoms with Gasteiger partial charge in [-0.25, -0.2) is 9.07 Å². The number of carbonyl (C=O) groups excluding carboxylic acids is 1. The van der Waals surface area contributed by atoms with Crippen molar-refractivity contribution in [3.63, 3.8) is 0 Å². The minimum Gasteiger partial charge on any atom is -0.497 e. The average molecular weight is 419 g/mol. The second kappa shape index (κ2) is 8.87. The number of carbonyl (C=O) groups is 1. The van der Waals surface area contributed by atoms with E-state index in [1.165, 1.54) is 12.1 Å². The first kappa shape index (κ1) is 20.4. The van der Waals surface area contributed by atoms with E-state index in [0.29, 0.717) is 30.0 Å². The van der Waals surface area contributed by atoms with Crippen LogP contribution in [0.2, 0.25) is 0 Å². The van der Waals surface area contributed by atoms with Crippen LogP contribution in [0.25, 0.3) is 16.6 Å². The molecule has 0 spiro atoms. The molecule has 158 valence electrons. The largest absolute Gasteiger partial charge is 0.497 e. The van der Waals surface area contributed by atoms with Gasteiger partial charge < -0.3 is 14.8 Å². The number of ether oxygens (including phenoxy) is 2. The molecule has 0 radical (unpaired) electrons.